The second kappa shape index (κ2) is 25.7. The lowest BCUT2D eigenvalue weighted by atomic mass is 10.0. The van der Waals surface area contributed by atoms with E-state index in [2.05, 4.69) is 23.8 Å². The molecule has 0 unspecified atom stereocenters. The molecule has 0 saturated carbocycles. The van der Waals surface area contributed by atoms with Gasteiger partial charge in [0.2, 0.25) is 5.91 Å². The number of nitrogens with two attached hydrogens (primary N) is 2. The van der Waals surface area contributed by atoms with Crippen molar-refractivity contribution in [3.05, 3.63) is 0 Å². The molecule has 0 aliphatic rings. The lowest BCUT2D eigenvalue weighted by molar-refractivity contribution is -0.126. The van der Waals surface area contributed by atoms with Gasteiger partial charge in [0.05, 0.1) is 6.61 Å². The first-order valence-electron chi connectivity index (χ1n) is 12.2. The van der Waals surface area contributed by atoms with Crippen LogP contribution >= 0.6 is 0 Å². The van der Waals surface area contributed by atoms with Crippen LogP contribution in [0.15, 0.2) is 0 Å². The fourth-order valence-corrected chi connectivity index (χ4v) is 3.30. The summed E-state index contributed by atoms with van der Waals surface area (Å²) in [6.07, 6.45) is 20.7. The molecule has 0 heterocycles. The van der Waals surface area contributed by atoms with E-state index in [1.54, 1.807) is 5.01 Å². The predicted molar refractivity (Wildman–Crippen MR) is 126 cm³/mol. The fraction of sp³-hybridized carbons (Fsp3) is 0.913. The van der Waals surface area contributed by atoms with Crippen LogP contribution in [0.4, 0.5) is 4.79 Å². The highest BCUT2D eigenvalue weighted by Gasteiger charge is 2.06. The fourth-order valence-electron chi connectivity index (χ4n) is 3.30. The lowest BCUT2D eigenvalue weighted by Crippen LogP contribution is -2.43. The Morgan fingerprint density at radius 2 is 1.10 bits per heavy atom. The number of primary amides is 2. The molecule has 7 nitrogen and oxygen atoms in total. The molecule has 0 fully saturated rings. The summed E-state index contributed by atoms with van der Waals surface area (Å²) < 4.78 is 0. The maximum absolute atomic E-state index is 11.8. The highest BCUT2D eigenvalue weighted by Crippen LogP contribution is 2.13. The third-order valence-corrected chi connectivity index (χ3v) is 5.04. The van der Waals surface area contributed by atoms with Gasteiger partial charge in [0, 0.05) is 19.5 Å². The average molecular weight is 431 g/mol. The standard InChI is InChI=1S/C22H46N2O2.CH4N2O/c1-3-5-6-7-8-9-10-11-12-13-14-15-16-17-18-19-22(26)23-24(4-2)20-21-25;2-1(3)4/h25H,3-21H2,1-2H3,(H,23,26);(H4,2,3,4). The van der Waals surface area contributed by atoms with Crippen molar-refractivity contribution < 1.29 is 14.7 Å². The Labute approximate surface area is 185 Å². The largest absolute Gasteiger partial charge is 0.395 e. The molecule has 0 saturated heterocycles. The summed E-state index contributed by atoms with van der Waals surface area (Å²) in [6.45, 7) is 5.56. The minimum absolute atomic E-state index is 0.0765. The normalized spacial score (nSPS) is 10.5. The number of rotatable bonds is 20. The smallest absolute Gasteiger partial charge is 0.309 e. The number of unbranched alkanes of at least 4 members (excludes halogenated alkanes) is 14. The zero-order valence-corrected chi connectivity index (χ0v) is 19.8. The minimum Gasteiger partial charge on any atom is -0.395 e. The molecule has 30 heavy (non-hydrogen) atoms. The van der Waals surface area contributed by atoms with Crippen molar-refractivity contribution in [3.63, 3.8) is 0 Å². The van der Waals surface area contributed by atoms with Gasteiger partial charge in [-0.25, -0.2) is 9.80 Å². The van der Waals surface area contributed by atoms with E-state index in [1.165, 1.54) is 83.5 Å². The number of hydrogen-bond donors (Lipinski definition) is 4. The summed E-state index contributed by atoms with van der Waals surface area (Å²) in [4.78, 5) is 20.8. The molecule has 0 aromatic carbocycles. The first-order valence-corrected chi connectivity index (χ1v) is 12.2. The van der Waals surface area contributed by atoms with Gasteiger partial charge in [0.25, 0.3) is 0 Å². The quantitative estimate of drug-likeness (QED) is 0.166. The number of amides is 3. The number of nitrogens with one attached hydrogen (secondary N) is 1. The van der Waals surface area contributed by atoms with Crippen molar-refractivity contribution in [1.82, 2.24) is 10.4 Å². The number of likely N-dealkylation sites (N-methyl/N-ethyl adjacent to an activating group) is 1. The first kappa shape index (κ1) is 30.9. The summed E-state index contributed by atoms with van der Waals surface area (Å²) in [5.74, 6) is 0.0787. The molecule has 0 atom stereocenters. The molecule has 0 radical (unpaired) electrons. The van der Waals surface area contributed by atoms with Gasteiger partial charge in [0.15, 0.2) is 0 Å². The van der Waals surface area contributed by atoms with Gasteiger partial charge in [-0.1, -0.05) is 104 Å². The summed E-state index contributed by atoms with van der Waals surface area (Å²) in [7, 11) is 0. The molecule has 0 spiro atoms. The molecular formula is C23H50N4O3. The molecule has 0 aromatic heterocycles. The number of urea groups is 1. The van der Waals surface area contributed by atoms with Gasteiger partial charge in [-0.15, -0.1) is 0 Å². The lowest BCUT2D eigenvalue weighted by Gasteiger charge is -2.20. The van der Waals surface area contributed by atoms with Crippen LogP contribution in [0, 0.1) is 0 Å². The second-order valence-corrected chi connectivity index (χ2v) is 7.94. The second-order valence-electron chi connectivity index (χ2n) is 7.94. The SMILES string of the molecule is CCCCCCCCCCCCCCCCCC(=O)NN(CC)CCO.NC(N)=O. The summed E-state index contributed by atoms with van der Waals surface area (Å²) in [6, 6.07) is -0.833. The Balaban J connectivity index is 0. The van der Waals surface area contributed by atoms with Crippen molar-refractivity contribution in [2.24, 2.45) is 11.5 Å². The van der Waals surface area contributed by atoms with Crippen LogP contribution in [0.25, 0.3) is 0 Å². The van der Waals surface area contributed by atoms with Gasteiger partial charge < -0.3 is 16.6 Å². The first-order chi connectivity index (χ1) is 14.5. The number of hydrogen-bond acceptors (Lipinski definition) is 4. The average Bonchev–Trinajstić information content (AvgIpc) is 2.70. The van der Waals surface area contributed by atoms with E-state index in [1.807, 2.05) is 6.92 Å². The maximum atomic E-state index is 11.8. The molecule has 0 aliphatic carbocycles. The number of carbonyl (C=O) groups excluding carboxylic acids is 2. The minimum atomic E-state index is -0.833. The monoisotopic (exact) mass is 430 g/mol. The Hall–Kier alpha value is -1.34. The van der Waals surface area contributed by atoms with Crippen molar-refractivity contribution in [3.8, 4) is 0 Å². The van der Waals surface area contributed by atoms with E-state index in [0.29, 0.717) is 13.0 Å². The van der Waals surface area contributed by atoms with E-state index in [9.17, 15) is 4.79 Å². The molecule has 180 valence electrons. The molecular weight excluding hydrogens is 380 g/mol. The topological polar surface area (TPSA) is 122 Å². The molecule has 3 amide bonds. The zero-order valence-electron chi connectivity index (χ0n) is 19.8. The number of carbonyl (C=O) groups is 2. The Morgan fingerprint density at radius 3 is 1.43 bits per heavy atom. The third-order valence-electron chi connectivity index (χ3n) is 5.04. The number of aliphatic hydroxyl groups excluding tert-OH is 1. The Bertz CT molecular complexity index is 377. The van der Waals surface area contributed by atoms with Crippen molar-refractivity contribution in [1.29, 1.82) is 0 Å². The van der Waals surface area contributed by atoms with Crippen LogP contribution in [0.1, 0.15) is 117 Å². The molecule has 0 aliphatic heterocycles. The summed E-state index contributed by atoms with van der Waals surface area (Å²) >= 11 is 0. The van der Waals surface area contributed by atoms with Crippen LogP contribution in [0.2, 0.25) is 0 Å². The zero-order chi connectivity index (χ0) is 22.9. The van der Waals surface area contributed by atoms with Crippen molar-refractivity contribution >= 4 is 11.9 Å². The Kier molecular flexibility index (Phi) is 26.4. The van der Waals surface area contributed by atoms with Crippen LogP contribution in [-0.2, 0) is 4.79 Å². The molecule has 7 heteroatoms. The van der Waals surface area contributed by atoms with E-state index < -0.39 is 6.03 Å². The van der Waals surface area contributed by atoms with Gasteiger partial charge >= 0.3 is 6.03 Å². The third kappa shape index (κ3) is 28.9. The maximum Gasteiger partial charge on any atom is 0.309 e. The van der Waals surface area contributed by atoms with Crippen LogP contribution in [-0.4, -0.2) is 41.8 Å². The van der Waals surface area contributed by atoms with Gasteiger partial charge in [-0.3, -0.25) is 10.2 Å². The van der Waals surface area contributed by atoms with E-state index >= 15 is 0 Å². The van der Waals surface area contributed by atoms with Crippen molar-refractivity contribution in [2.75, 3.05) is 19.7 Å². The summed E-state index contributed by atoms with van der Waals surface area (Å²) in [5, 5.41) is 10.7. The molecule has 0 aromatic rings. The molecule has 6 N–H and O–H groups in total. The van der Waals surface area contributed by atoms with Gasteiger partial charge in [0.1, 0.15) is 0 Å². The number of hydrazine groups is 1. The van der Waals surface area contributed by atoms with Gasteiger partial charge in [-0.05, 0) is 6.42 Å². The number of aliphatic hydroxyl groups is 1. The Morgan fingerprint density at radius 1 is 0.733 bits per heavy atom. The van der Waals surface area contributed by atoms with E-state index in [-0.39, 0.29) is 12.5 Å². The summed E-state index contributed by atoms with van der Waals surface area (Å²) in [5.41, 5.74) is 11.4. The van der Waals surface area contributed by atoms with Crippen LogP contribution in [0.5, 0.6) is 0 Å². The molecule has 0 bridgehead atoms. The van der Waals surface area contributed by atoms with Crippen LogP contribution < -0.4 is 16.9 Å². The molecule has 0 rings (SSSR count). The van der Waals surface area contributed by atoms with Crippen molar-refractivity contribution in [2.45, 2.75) is 117 Å². The predicted octanol–water partition coefficient (Wildman–Crippen LogP) is 4.62. The van der Waals surface area contributed by atoms with Gasteiger partial charge in [-0.2, -0.15) is 0 Å². The highest BCUT2D eigenvalue weighted by molar-refractivity contribution is 5.75. The van der Waals surface area contributed by atoms with E-state index in [0.717, 1.165) is 19.4 Å². The van der Waals surface area contributed by atoms with E-state index in [4.69, 9.17) is 9.90 Å². The van der Waals surface area contributed by atoms with Crippen LogP contribution in [0.3, 0.4) is 0 Å². The number of nitrogens with zero attached hydrogens (tertiary/aromatic N) is 1. The highest BCUT2D eigenvalue weighted by atomic mass is 16.3.